The predicted octanol–water partition coefficient (Wildman–Crippen LogP) is -0.874. The molecular weight excluding hydrogens is 373 g/mol. The number of halogens is 2. The van der Waals surface area contributed by atoms with Gasteiger partial charge in [0.25, 0.3) is 0 Å². The third kappa shape index (κ3) is 18.5. The maximum absolute atomic E-state index is 3.10. The van der Waals surface area contributed by atoms with E-state index in [1.807, 2.05) is 24.3 Å². The van der Waals surface area contributed by atoms with E-state index in [0.717, 1.165) is 8.19 Å². The van der Waals surface area contributed by atoms with Gasteiger partial charge in [-0.1, -0.05) is 13.8 Å². The van der Waals surface area contributed by atoms with Crippen molar-refractivity contribution >= 4 is 8.19 Å². The van der Waals surface area contributed by atoms with Crippen molar-refractivity contribution in [1.29, 1.82) is 0 Å². The van der Waals surface area contributed by atoms with Crippen LogP contribution in [0, 0.1) is 34.2 Å². The monoisotopic (exact) mass is 393 g/mol. The van der Waals surface area contributed by atoms with Crippen molar-refractivity contribution < 1.29 is 51.0 Å². The molecule has 0 saturated carbocycles. The van der Waals surface area contributed by atoms with Crippen molar-refractivity contribution in [3.05, 3.63) is 81.5 Å². The molecule has 0 saturated heterocycles. The molecule has 1 aliphatic carbocycles. The van der Waals surface area contributed by atoms with Crippen molar-refractivity contribution in [2.75, 3.05) is 0 Å². The third-order valence-corrected chi connectivity index (χ3v) is 2.27. The minimum atomic E-state index is 0. The first kappa shape index (κ1) is 36.6. The van der Waals surface area contributed by atoms with Crippen molar-refractivity contribution in [2.45, 2.75) is 13.8 Å². The fourth-order valence-corrected chi connectivity index (χ4v) is 1.36. The normalized spacial score (nSPS) is 9.05. The summed E-state index contributed by atoms with van der Waals surface area (Å²) in [5.41, 5.74) is 2.56. The number of rotatable bonds is 0. The Bertz CT molecular complexity index is 293. The van der Waals surface area contributed by atoms with Crippen LogP contribution in [0.4, 0.5) is 0 Å². The molecule has 0 fully saturated rings. The van der Waals surface area contributed by atoms with Gasteiger partial charge in [0.2, 0.25) is 0 Å². The van der Waals surface area contributed by atoms with Crippen LogP contribution in [0.5, 0.6) is 0 Å². The summed E-state index contributed by atoms with van der Waals surface area (Å²) in [5, 5.41) is 0. The van der Waals surface area contributed by atoms with E-state index >= 15 is 0 Å². The van der Waals surface area contributed by atoms with E-state index in [0.29, 0.717) is 0 Å². The molecule has 1 aliphatic rings. The minimum absolute atomic E-state index is 0. The molecule has 0 aliphatic heterocycles. The molecule has 1 heterocycles. The second kappa shape index (κ2) is 23.5. The van der Waals surface area contributed by atoms with E-state index in [1.54, 1.807) is 0 Å². The van der Waals surface area contributed by atoms with Crippen LogP contribution in [0.25, 0.3) is 0 Å². The van der Waals surface area contributed by atoms with Crippen molar-refractivity contribution in [3.63, 3.8) is 0 Å². The first-order chi connectivity index (χ1) is 6.30. The van der Waals surface area contributed by atoms with Gasteiger partial charge in [-0.3, -0.25) is 8.19 Å². The van der Waals surface area contributed by atoms with E-state index in [-0.39, 0.29) is 73.3 Å². The predicted molar refractivity (Wildman–Crippen MR) is 79.3 cm³/mol. The molecule has 0 amide bonds. The van der Waals surface area contributed by atoms with Crippen LogP contribution in [-0.2, 0) is 26.2 Å². The van der Waals surface area contributed by atoms with Gasteiger partial charge < -0.3 is 47.1 Å². The van der Waals surface area contributed by atoms with Crippen LogP contribution in [0.15, 0.2) is 47.3 Å². The van der Waals surface area contributed by atoms with Crippen molar-refractivity contribution in [1.82, 2.24) is 0 Å². The van der Waals surface area contributed by atoms with Gasteiger partial charge in [-0.2, -0.15) is 41.5 Å². The molecular formula is C15H22Cl2PZr-5. The summed E-state index contributed by atoms with van der Waals surface area (Å²) >= 11 is 0. The summed E-state index contributed by atoms with van der Waals surface area (Å²) in [4.78, 5) is 0. The van der Waals surface area contributed by atoms with Crippen LogP contribution >= 0.6 is 8.19 Å². The molecule has 0 aromatic carbocycles. The number of allylic oxidation sites excluding steroid dienone is 6. The summed E-state index contributed by atoms with van der Waals surface area (Å²) in [7, 11) is 0.823. The van der Waals surface area contributed by atoms with Crippen molar-refractivity contribution in [3.8, 4) is 0 Å². The average molecular weight is 395 g/mol. The maximum atomic E-state index is 3.10. The molecule has 1 unspecified atom stereocenters. The van der Waals surface area contributed by atoms with E-state index in [4.69, 9.17) is 0 Å². The Morgan fingerprint density at radius 3 is 1.84 bits per heavy atom. The van der Waals surface area contributed by atoms with Crippen LogP contribution < -0.4 is 24.8 Å². The number of hydrogen-bond donors (Lipinski definition) is 0. The van der Waals surface area contributed by atoms with Gasteiger partial charge in [0.05, 0.1) is 0 Å². The molecule has 0 radical (unpaired) electrons. The molecule has 0 spiro atoms. The molecule has 0 bridgehead atoms. The summed E-state index contributed by atoms with van der Waals surface area (Å²) in [5.74, 6) is 5.11. The maximum Gasteiger partial charge on any atom is 2.00 e. The van der Waals surface area contributed by atoms with Gasteiger partial charge in [0, 0.05) is 0 Å². The van der Waals surface area contributed by atoms with Gasteiger partial charge in [-0.05, 0) is 0 Å². The zero-order valence-electron chi connectivity index (χ0n) is 12.2. The zero-order valence-corrected chi connectivity index (χ0v) is 17.2. The fraction of sp³-hybridized carbons (Fsp3) is 0.133. The fourth-order valence-electron chi connectivity index (χ4n) is 0.882. The van der Waals surface area contributed by atoms with Crippen molar-refractivity contribution in [2.24, 2.45) is 0 Å². The third-order valence-electron chi connectivity index (χ3n) is 1.58. The van der Waals surface area contributed by atoms with Gasteiger partial charge >= 0.3 is 26.2 Å². The van der Waals surface area contributed by atoms with Gasteiger partial charge in [-0.25, -0.2) is 6.07 Å². The quantitative estimate of drug-likeness (QED) is 0.501. The Hall–Kier alpha value is 0.463. The standard InChI is InChI=1S/C8H9.C4H4P.3CH3.2ClH.Zr/c1-7(2)8-5-3-4-6-8;1-2-4-5-3-1;;;;;;/h3-5H,1-2H3;1-3,5H;3*1H3;2*1H;/q5*-1;;;+2/p-2. The Kier molecular flexibility index (Phi) is 45.4. The second-order valence-electron chi connectivity index (χ2n) is 2.90. The van der Waals surface area contributed by atoms with Crippen LogP contribution in [0.3, 0.4) is 0 Å². The summed E-state index contributed by atoms with van der Waals surface area (Å²) in [6, 6.07) is 3.96. The first-order valence-electron chi connectivity index (χ1n) is 4.24. The molecule has 2 rings (SSSR count). The Labute approximate surface area is 153 Å². The van der Waals surface area contributed by atoms with Gasteiger partial charge in [-0.15, -0.1) is 11.6 Å². The van der Waals surface area contributed by atoms with E-state index in [1.165, 1.54) is 11.1 Å². The molecule has 1 atom stereocenters. The smallest absolute Gasteiger partial charge is 1.00 e. The summed E-state index contributed by atoms with van der Waals surface area (Å²) in [6.07, 6.45) is 9.10. The first-order valence-corrected chi connectivity index (χ1v) is 5.32. The molecule has 1 aromatic heterocycles. The minimum Gasteiger partial charge on any atom is -1.00 e. The molecule has 1 aromatic rings. The van der Waals surface area contributed by atoms with Gasteiger partial charge in [0.1, 0.15) is 0 Å². The summed E-state index contributed by atoms with van der Waals surface area (Å²) in [6.45, 7) is 4.18. The van der Waals surface area contributed by atoms with Crippen LogP contribution in [-0.4, -0.2) is 0 Å². The summed E-state index contributed by atoms with van der Waals surface area (Å²) < 4.78 is 0. The van der Waals surface area contributed by atoms with E-state index < -0.39 is 0 Å². The largest absolute Gasteiger partial charge is 2.00 e. The topological polar surface area (TPSA) is 0 Å². The average Bonchev–Trinajstić information content (AvgIpc) is 2.82. The molecule has 110 valence electrons. The zero-order chi connectivity index (χ0) is 9.52. The molecule has 0 N–H and O–H groups in total. The Balaban J connectivity index is -0.0000000352. The Morgan fingerprint density at radius 2 is 1.68 bits per heavy atom. The van der Waals surface area contributed by atoms with E-state index in [9.17, 15) is 0 Å². The second-order valence-corrected chi connectivity index (χ2v) is 3.81. The molecule has 4 heteroatoms. The molecule has 19 heavy (non-hydrogen) atoms. The van der Waals surface area contributed by atoms with Crippen LogP contribution in [0.2, 0.25) is 0 Å². The number of hydrogen-bond acceptors (Lipinski definition) is 0. The molecule has 0 nitrogen and oxygen atoms in total. The SMILES string of the molecule is CC(C)=C1[C-]=CC=C1.[CH3-].[CH3-].[CH3-].[Cl-].[Cl-].[Zr+2].[c-]1ccc[pH]1. The van der Waals surface area contributed by atoms with E-state index in [2.05, 4.69) is 37.6 Å². The Morgan fingerprint density at radius 1 is 1.11 bits per heavy atom. The van der Waals surface area contributed by atoms with Gasteiger partial charge in [0.15, 0.2) is 0 Å². The van der Waals surface area contributed by atoms with Crippen LogP contribution in [0.1, 0.15) is 13.8 Å².